The van der Waals surface area contributed by atoms with E-state index < -0.39 is 9.84 Å². The van der Waals surface area contributed by atoms with Crippen LogP contribution in [0.2, 0.25) is 0 Å². The molecule has 0 heterocycles. The zero-order chi connectivity index (χ0) is 8.91. The Kier molecular flexibility index (Phi) is 4.14. The van der Waals surface area contributed by atoms with Crippen molar-refractivity contribution in [3.05, 3.63) is 11.1 Å². The second-order valence-corrected chi connectivity index (χ2v) is 4.19. The number of hydrogen-bond donors (Lipinski definition) is 1. The summed E-state index contributed by atoms with van der Waals surface area (Å²) >= 11 is 0. The summed E-state index contributed by atoms with van der Waals surface area (Å²) in [6, 6.07) is 0. The van der Waals surface area contributed by atoms with Gasteiger partial charge >= 0.3 is 0 Å². The Morgan fingerprint density at radius 1 is 1.64 bits per heavy atom. The molecule has 11 heavy (non-hydrogen) atoms. The molecule has 0 atom stereocenters. The molecule has 0 unspecified atom stereocenters. The van der Waals surface area contributed by atoms with Crippen molar-refractivity contribution in [2.24, 2.45) is 5.73 Å². The smallest absolute Gasteiger partial charge is 0.175 e. The van der Waals surface area contributed by atoms with Crippen LogP contribution in [0.3, 0.4) is 0 Å². The minimum Gasteiger partial charge on any atom is -0.402 e. The normalized spacial score (nSPS) is 13.5. The first-order valence-corrected chi connectivity index (χ1v) is 4.85. The van der Waals surface area contributed by atoms with Crippen LogP contribution in [-0.4, -0.2) is 27.9 Å². The van der Waals surface area contributed by atoms with E-state index in [4.69, 9.17) is 5.73 Å². The average Bonchev–Trinajstić information content (AvgIpc) is 1.81. The summed E-state index contributed by atoms with van der Waals surface area (Å²) in [6.07, 6.45) is 0. The first-order chi connectivity index (χ1) is 4.98. The highest BCUT2D eigenvalue weighted by Crippen LogP contribution is 1.94. The van der Waals surface area contributed by atoms with E-state index in [1.807, 2.05) is 0 Å². The second-order valence-electron chi connectivity index (χ2n) is 2.22. The summed E-state index contributed by atoms with van der Waals surface area (Å²) in [4.78, 5) is 0. The molecule has 0 radical (unpaired) electrons. The Bertz CT molecular complexity index is 226. The Balaban J connectivity index is 4.14. The fourth-order valence-corrected chi connectivity index (χ4v) is 1.62. The van der Waals surface area contributed by atoms with E-state index in [1.165, 1.54) is 14.0 Å². The molecule has 0 aromatic carbocycles. The van der Waals surface area contributed by atoms with Gasteiger partial charge in [-0.25, -0.2) is 8.42 Å². The van der Waals surface area contributed by atoms with Gasteiger partial charge in [0.25, 0.3) is 0 Å². The van der Waals surface area contributed by atoms with Gasteiger partial charge in [-0.1, -0.05) is 0 Å². The van der Waals surface area contributed by atoms with Crippen molar-refractivity contribution < 1.29 is 13.2 Å². The Labute approximate surface area is 67.0 Å². The fourth-order valence-electron chi connectivity index (χ4n) is 0.542. The lowest BCUT2D eigenvalue weighted by atomic mass is 10.6. The number of rotatable bonds is 4. The van der Waals surface area contributed by atoms with E-state index in [0.29, 0.717) is 5.70 Å². The molecule has 0 aromatic heterocycles. The predicted octanol–water partition coefficient (Wildman–Crippen LogP) is -0.132. The van der Waals surface area contributed by atoms with Gasteiger partial charge in [0, 0.05) is 18.2 Å². The molecule has 66 valence electrons. The van der Waals surface area contributed by atoms with E-state index in [9.17, 15) is 8.42 Å². The van der Waals surface area contributed by atoms with Crippen LogP contribution in [0.1, 0.15) is 6.92 Å². The third-order valence-corrected chi connectivity index (χ3v) is 2.40. The van der Waals surface area contributed by atoms with Crippen LogP contribution in [0.25, 0.3) is 0 Å². The molecule has 0 aliphatic heterocycles. The van der Waals surface area contributed by atoms with Gasteiger partial charge in [0.05, 0.1) is 12.4 Å². The van der Waals surface area contributed by atoms with Crippen molar-refractivity contribution in [1.82, 2.24) is 0 Å². The van der Waals surface area contributed by atoms with Gasteiger partial charge in [-0.2, -0.15) is 0 Å². The first kappa shape index (κ1) is 10.4. The third kappa shape index (κ3) is 5.87. The van der Waals surface area contributed by atoms with Gasteiger partial charge < -0.3 is 10.5 Å². The van der Waals surface area contributed by atoms with Crippen molar-refractivity contribution in [3.63, 3.8) is 0 Å². The Morgan fingerprint density at radius 3 is 2.55 bits per heavy atom. The zero-order valence-corrected chi connectivity index (χ0v) is 7.52. The number of ether oxygens (including phenoxy) is 1. The molecule has 0 bridgehead atoms. The van der Waals surface area contributed by atoms with Crippen molar-refractivity contribution in [2.75, 3.05) is 19.5 Å². The van der Waals surface area contributed by atoms with Crippen LogP contribution >= 0.6 is 0 Å². The van der Waals surface area contributed by atoms with Crippen LogP contribution in [0.5, 0.6) is 0 Å². The number of sulfone groups is 1. The van der Waals surface area contributed by atoms with E-state index in [-0.39, 0.29) is 12.4 Å². The van der Waals surface area contributed by atoms with E-state index in [2.05, 4.69) is 4.74 Å². The first-order valence-electron chi connectivity index (χ1n) is 3.13. The summed E-state index contributed by atoms with van der Waals surface area (Å²) in [7, 11) is -1.70. The minimum atomic E-state index is -3.16. The van der Waals surface area contributed by atoms with Crippen LogP contribution in [0.15, 0.2) is 11.1 Å². The molecule has 0 aliphatic rings. The number of methoxy groups -OCH3 is 1. The maximum Gasteiger partial charge on any atom is 0.175 e. The topological polar surface area (TPSA) is 69.4 Å². The summed E-state index contributed by atoms with van der Waals surface area (Å²) in [5.74, 6) is -0.0158. The van der Waals surface area contributed by atoms with Gasteiger partial charge in [-0.15, -0.1) is 0 Å². The average molecular weight is 179 g/mol. The summed E-state index contributed by atoms with van der Waals surface area (Å²) in [5, 5.41) is 1.05. The van der Waals surface area contributed by atoms with Crippen molar-refractivity contribution in [2.45, 2.75) is 6.92 Å². The molecular formula is C6H13NO3S. The van der Waals surface area contributed by atoms with Gasteiger partial charge in [-0.3, -0.25) is 0 Å². The molecule has 0 saturated heterocycles. The molecule has 0 rings (SSSR count). The van der Waals surface area contributed by atoms with Crippen LogP contribution in [-0.2, 0) is 14.6 Å². The maximum absolute atomic E-state index is 11.0. The number of nitrogens with two attached hydrogens (primary N) is 1. The molecule has 2 N–H and O–H groups in total. The van der Waals surface area contributed by atoms with Gasteiger partial charge in [0.15, 0.2) is 9.84 Å². The highest BCUT2D eigenvalue weighted by Gasteiger charge is 2.05. The molecule has 4 nitrogen and oxygen atoms in total. The van der Waals surface area contributed by atoms with Crippen molar-refractivity contribution >= 4 is 9.84 Å². The zero-order valence-electron chi connectivity index (χ0n) is 6.70. The van der Waals surface area contributed by atoms with Crippen molar-refractivity contribution in [3.8, 4) is 0 Å². The van der Waals surface area contributed by atoms with Gasteiger partial charge in [-0.05, 0) is 6.92 Å². The molecular weight excluding hydrogens is 166 g/mol. The summed E-state index contributed by atoms with van der Waals surface area (Å²) in [6.45, 7) is 1.73. The summed E-state index contributed by atoms with van der Waals surface area (Å²) < 4.78 is 26.5. The van der Waals surface area contributed by atoms with Gasteiger partial charge in [0.2, 0.25) is 0 Å². The second kappa shape index (κ2) is 4.35. The Morgan fingerprint density at radius 2 is 2.18 bits per heavy atom. The van der Waals surface area contributed by atoms with Crippen LogP contribution < -0.4 is 5.73 Å². The van der Waals surface area contributed by atoms with E-state index in [1.54, 1.807) is 0 Å². The lowest BCUT2D eigenvalue weighted by molar-refractivity contribution is 0.217. The molecule has 0 spiro atoms. The maximum atomic E-state index is 11.0. The fraction of sp³-hybridized carbons (Fsp3) is 0.667. The molecule has 5 heteroatoms. The van der Waals surface area contributed by atoms with Gasteiger partial charge in [0.1, 0.15) is 0 Å². The quantitative estimate of drug-likeness (QED) is 0.652. The highest BCUT2D eigenvalue weighted by atomic mass is 32.2. The molecule has 0 aliphatic carbocycles. The molecule has 0 amide bonds. The molecule has 0 saturated carbocycles. The van der Waals surface area contributed by atoms with Crippen molar-refractivity contribution in [1.29, 1.82) is 0 Å². The predicted molar refractivity (Wildman–Crippen MR) is 43.6 cm³/mol. The third-order valence-electron chi connectivity index (χ3n) is 0.937. The van der Waals surface area contributed by atoms with E-state index in [0.717, 1.165) is 5.41 Å². The minimum absolute atomic E-state index is 0.0158. The van der Waals surface area contributed by atoms with E-state index >= 15 is 0 Å². The molecule has 0 fully saturated rings. The standard InChI is InChI=1S/C6H13NO3S/c1-6(7)5-11(8,9)4-3-10-2/h5H,3-4,7H2,1-2H3. The lowest BCUT2D eigenvalue weighted by Gasteiger charge is -1.97. The SMILES string of the molecule is COCCS(=O)(=O)C=C(C)N. The number of hydrogen-bond acceptors (Lipinski definition) is 4. The largest absolute Gasteiger partial charge is 0.402 e. The number of allylic oxidation sites excluding steroid dienone is 1. The highest BCUT2D eigenvalue weighted by molar-refractivity contribution is 7.94. The lowest BCUT2D eigenvalue weighted by Crippen LogP contribution is -2.09. The van der Waals surface area contributed by atoms with Crippen LogP contribution in [0.4, 0.5) is 0 Å². The Hall–Kier alpha value is -0.550. The molecule has 0 aromatic rings. The monoisotopic (exact) mass is 179 g/mol. The van der Waals surface area contributed by atoms with Crippen LogP contribution in [0, 0.1) is 0 Å². The summed E-state index contributed by atoms with van der Waals surface area (Å²) in [5.41, 5.74) is 5.48.